The van der Waals surface area contributed by atoms with Crippen LogP contribution in [0.2, 0.25) is 0 Å². The molecule has 2 nitrogen and oxygen atoms in total. The third-order valence-electron chi connectivity index (χ3n) is 4.61. The Bertz CT molecular complexity index is 400. The Labute approximate surface area is 122 Å². The van der Waals surface area contributed by atoms with Gasteiger partial charge in [0.25, 0.3) is 0 Å². The van der Waals surface area contributed by atoms with Crippen molar-refractivity contribution in [3.8, 4) is 0 Å². The smallest absolute Gasteiger partial charge is 0.126 e. The Morgan fingerprint density at radius 3 is 2.10 bits per heavy atom. The summed E-state index contributed by atoms with van der Waals surface area (Å²) in [6.45, 7) is 10.2. The van der Waals surface area contributed by atoms with Crippen LogP contribution in [0.3, 0.4) is 0 Å². The summed E-state index contributed by atoms with van der Waals surface area (Å²) in [4.78, 5) is 2.30. The van der Waals surface area contributed by atoms with Crippen molar-refractivity contribution in [1.82, 2.24) is 4.90 Å². The first kappa shape index (κ1) is 17.1. The highest BCUT2D eigenvalue weighted by Crippen LogP contribution is 2.30. The highest BCUT2D eigenvalue weighted by Gasteiger charge is 2.39. The summed E-state index contributed by atoms with van der Waals surface area (Å²) in [5, 5.41) is 10.8. The second-order valence-corrected chi connectivity index (χ2v) is 5.29. The van der Waals surface area contributed by atoms with Crippen molar-refractivity contribution in [2.24, 2.45) is 0 Å². The minimum absolute atomic E-state index is 0.229. The maximum absolute atomic E-state index is 13.8. The first-order valence-electron chi connectivity index (χ1n) is 7.72. The number of aliphatic hydroxyl groups excluding tert-OH is 1. The van der Waals surface area contributed by atoms with Gasteiger partial charge in [-0.1, -0.05) is 45.9 Å². The number of halogens is 1. The van der Waals surface area contributed by atoms with E-state index in [1.165, 1.54) is 6.07 Å². The van der Waals surface area contributed by atoms with Crippen molar-refractivity contribution >= 4 is 0 Å². The number of likely N-dealkylation sites (N-methyl/N-ethyl adjacent to an activating group) is 1. The van der Waals surface area contributed by atoms with Crippen LogP contribution < -0.4 is 0 Å². The van der Waals surface area contributed by atoms with Crippen molar-refractivity contribution < 1.29 is 9.50 Å². The summed E-state index contributed by atoms with van der Waals surface area (Å²) in [7, 11) is 0. The van der Waals surface area contributed by atoms with Gasteiger partial charge in [0.1, 0.15) is 5.82 Å². The van der Waals surface area contributed by atoms with E-state index in [-0.39, 0.29) is 11.4 Å². The van der Waals surface area contributed by atoms with E-state index in [0.717, 1.165) is 25.9 Å². The molecule has 1 N–H and O–H groups in total. The molecule has 0 aliphatic rings. The van der Waals surface area contributed by atoms with Gasteiger partial charge in [0.15, 0.2) is 0 Å². The number of hydrogen-bond acceptors (Lipinski definition) is 2. The van der Waals surface area contributed by atoms with Crippen molar-refractivity contribution in [3.05, 3.63) is 35.6 Å². The number of nitrogens with zero attached hydrogens (tertiary/aromatic N) is 1. The fourth-order valence-corrected chi connectivity index (χ4v) is 3.29. The fourth-order valence-electron chi connectivity index (χ4n) is 3.29. The van der Waals surface area contributed by atoms with Crippen molar-refractivity contribution in [2.75, 3.05) is 13.1 Å². The largest absolute Gasteiger partial charge is 0.391 e. The Balaban J connectivity index is 3.00. The number of hydrogen-bond donors (Lipinski definition) is 1. The summed E-state index contributed by atoms with van der Waals surface area (Å²) in [5.74, 6) is -0.229. The molecule has 0 saturated heterocycles. The summed E-state index contributed by atoms with van der Waals surface area (Å²) in [6, 6.07) is 6.72. The van der Waals surface area contributed by atoms with Crippen LogP contribution in [0.25, 0.3) is 0 Å². The number of aliphatic hydroxyl groups is 1. The molecule has 114 valence electrons. The van der Waals surface area contributed by atoms with Crippen molar-refractivity contribution in [2.45, 2.75) is 58.6 Å². The van der Waals surface area contributed by atoms with Gasteiger partial charge >= 0.3 is 0 Å². The molecule has 0 aliphatic heterocycles. The number of rotatable bonds is 8. The minimum Gasteiger partial charge on any atom is -0.391 e. The Morgan fingerprint density at radius 1 is 1.10 bits per heavy atom. The molecule has 0 aliphatic carbocycles. The summed E-state index contributed by atoms with van der Waals surface area (Å²) in [6.07, 6.45) is 1.53. The monoisotopic (exact) mass is 281 g/mol. The van der Waals surface area contributed by atoms with Gasteiger partial charge in [-0.2, -0.15) is 0 Å². The van der Waals surface area contributed by atoms with Gasteiger partial charge < -0.3 is 5.11 Å². The molecular weight excluding hydrogens is 253 g/mol. The quantitative estimate of drug-likeness (QED) is 0.786. The predicted octanol–water partition coefficient (Wildman–Crippen LogP) is 3.63. The van der Waals surface area contributed by atoms with E-state index in [4.69, 9.17) is 0 Å². The molecule has 3 heteroatoms. The topological polar surface area (TPSA) is 23.5 Å². The van der Waals surface area contributed by atoms with E-state index in [9.17, 15) is 9.50 Å². The van der Waals surface area contributed by atoms with E-state index in [1.807, 2.05) is 6.07 Å². The van der Waals surface area contributed by atoms with E-state index in [2.05, 4.69) is 32.6 Å². The second-order valence-electron chi connectivity index (χ2n) is 5.29. The van der Waals surface area contributed by atoms with E-state index in [1.54, 1.807) is 12.1 Å². The van der Waals surface area contributed by atoms with Crippen LogP contribution in [0.1, 0.15) is 46.1 Å². The zero-order valence-corrected chi connectivity index (χ0v) is 13.2. The lowest BCUT2D eigenvalue weighted by molar-refractivity contribution is -0.0344. The Morgan fingerprint density at radius 2 is 1.65 bits per heavy atom. The maximum Gasteiger partial charge on any atom is 0.126 e. The number of benzene rings is 1. The zero-order chi connectivity index (χ0) is 15.2. The molecule has 0 saturated carbocycles. The first-order valence-corrected chi connectivity index (χ1v) is 7.72. The van der Waals surface area contributed by atoms with E-state index < -0.39 is 6.10 Å². The van der Waals surface area contributed by atoms with Gasteiger partial charge in [0.05, 0.1) is 6.10 Å². The molecule has 0 bridgehead atoms. The molecule has 1 rings (SSSR count). The predicted molar refractivity (Wildman–Crippen MR) is 82.3 cm³/mol. The van der Waals surface area contributed by atoms with Gasteiger partial charge in [-0.05, 0) is 37.6 Å². The lowest BCUT2D eigenvalue weighted by Gasteiger charge is -2.46. The Kier molecular flexibility index (Phi) is 6.63. The van der Waals surface area contributed by atoms with E-state index in [0.29, 0.717) is 12.0 Å². The second kappa shape index (κ2) is 7.75. The van der Waals surface area contributed by atoms with Gasteiger partial charge in [0.2, 0.25) is 0 Å². The SMILES string of the molecule is CCN(CC)C(CC)(CC)C(O)Cc1ccccc1F. The van der Waals surface area contributed by atoms with E-state index >= 15 is 0 Å². The molecule has 1 unspecified atom stereocenters. The van der Waals surface area contributed by atoms with Crippen LogP contribution in [-0.2, 0) is 6.42 Å². The summed E-state index contributed by atoms with van der Waals surface area (Å²) < 4.78 is 13.8. The third-order valence-corrected chi connectivity index (χ3v) is 4.61. The summed E-state index contributed by atoms with van der Waals surface area (Å²) >= 11 is 0. The minimum atomic E-state index is -0.561. The third kappa shape index (κ3) is 3.39. The maximum atomic E-state index is 13.8. The van der Waals surface area contributed by atoms with Gasteiger partial charge in [-0.25, -0.2) is 4.39 Å². The normalized spacial score (nSPS) is 13.8. The highest BCUT2D eigenvalue weighted by atomic mass is 19.1. The van der Waals surface area contributed by atoms with Crippen LogP contribution in [0.4, 0.5) is 4.39 Å². The molecule has 0 amide bonds. The standard InChI is InChI=1S/C17H28FNO/c1-5-17(6-2,19(7-3)8-4)16(20)13-14-11-9-10-12-15(14)18/h9-12,16,20H,5-8,13H2,1-4H3. The molecule has 1 aromatic carbocycles. The molecule has 1 atom stereocenters. The highest BCUT2D eigenvalue weighted by molar-refractivity contribution is 5.19. The first-order chi connectivity index (χ1) is 9.55. The van der Waals surface area contributed by atoms with Crippen LogP contribution in [0.5, 0.6) is 0 Å². The van der Waals surface area contributed by atoms with Crippen LogP contribution in [0.15, 0.2) is 24.3 Å². The van der Waals surface area contributed by atoms with Crippen LogP contribution in [-0.4, -0.2) is 34.7 Å². The molecular formula is C17H28FNO. The van der Waals surface area contributed by atoms with Gasteiger partial charge in [-0.3, -0.25) is 4.90 Å². The van der Waals surface area contributed by atoms with Crippen molar-refractivity contribution in [1.29, 1.82) is 0 Å². The molecule has 0 fully saturated rings. The average Bonchev–Trinajstić information content (AvgIpc) is 2.47. The zero-order valence-electron chi connectivity index (χ0n) is 13.2. The molecule has 0 spiro atoms. The lowest BCUT2D eigenvalue weighted by atomic mass is 9.81. The fraction of sp³-hybridized carbons (Fsp3) is 0.647. The lowest BCUT2D eigenvalue weighted by Crippen LogP contribution is -2.56. The Hall–Kier alpha value is -0.930. The molecule has 0 heterocycles. The average molecular weight is 281 g/mol. The molecule has 0 aromatic heterocycles. The van der Waals surface area contributed by atoms with Gasteiger partial charge in [0, 0.05) is 12.0 Å². The molecule has 20 heavy (non-hydrogen) atoms. The summed E-state index contributed by atoms with van der Waals surface area (Å²) in [5.41, 5.74) is 0.324. The van der Waals surface area contributed by atoms with Crippen molar-refractivity contribution in [3.63, 3.8) is 0 Å². The van der Waals surface area contributed by atoms with Gasteiger partial charge in [-0.15, -0.1) is 0 Å². The van der Waals surface area contributed by atoms with Crippen LogP contribution in [0, 0.1) is 5.82 Å². The molecule has 0 radical (unpaired) electrons. The molecule has 1 aromatic rings. The van der Waals surface area contributed by atoms with Crippen LogP contribution >= 0.6 is 0 Å².